The SMILES string of the molecule is CCc1ccc(Cl)c(CC)c1NC(=O)NCCS(=O)(=O)CC. The zero-order valence-corrected chi connectivity index (χ0v) is 14.8. The van der Waals surface area contributed by atoms with Gasteiger partial charge < -0.3 is 10.6 Å². The second-order valence-electron chi connectivity index (χ2n) is 4.88. The lowest BCUT2D eigenvalue weighted by molar-refractivity contribution is 0.252. The molecule has 0 aliphatic heterocycles. The maximum Gasteiger partial charge on any atom is 0.319 e. The third kappa shape index (κ3) is 5.18. The summed E-state index contributed by atoms with van der Waals surface area (Å²) >= 11 is 6.17. The van der Waals surface area contributed by atoms with Crippen LogP contribution >= 0.6 is 11.6 Å². The second kappa shape index (κ2) is 8.39. The van der Waals surface area contributed by atoms with Crippen molar-refractivity contribution in [3.63, 3.8) is 0 Å². The number of aryl methyl sites for hydroxylation is 1. The van der Waals surface area contributed by atoms with Gasteiger partial charge >= 0.3 is 6.03 Å². The standard InChI is InChI=1S/C15H23ClN2O3S/c1-4-11-7-8-13(16)12(5-2)14(11)18-15(19)17-9-10-22(20,21)6-3/h7-8H,4-6,9-10H2,1-3H3,(H2,17,18,19). The molecule has 0 aliphatic carbocycles. The van der Waals surface area contributed by atoms with Gasteiger partial charge in [-0.2, -0.15) is 0 Å². The second-order valence-corrected chi connectivity index (χ2v) is 7.76. The predicted octanol–water partition coefficient (Wildman–Crippen LogP) is 3.02. The molecular formula is C15H23ClN2O3S. The van der Waals surface area contributed by atoms with E-state index in [1.807, 2.05) is 26.0 Å². The van der Waals surface area contributed by atoms with Gasteiger partial charge in [0.2, 0.25) is 0 Å². The summed E-state index contributed by atoms with van der Waals surface area (Å²) in [5.41, 5.74) is 2.60. The Morgan fingerprint density at radius 1 is 1.18 bits per heavy atom. The molecule has 1 aromatic rings. The molecule has 7 heteroatoms. The Labute approximate surface area is 137 Å². The van der Waals surface area contributed by atoms with Gasteiger partial charge in [0.05, 0.1) is 11.4 Å². The van der Waals surface area contributed by atoms with Gasteiger partial charge in [0.1, 0.15) is 0 Å². The Balaban J connectivity index is 2.78. The fourth-order valence-corrected chi connectivity index (χ4v) is 3.08. The predicted molar refractivity (Wildman–Crippen MR) is 91.6 cm³/mol. The monoisotopic (exact) mass is 346 g/mol. The van der Waals surface area contributed by atoms with Crippen molar-refractivity contribution in [1.82, 2.24) is 5.32 Å². The van der Waals surface area contributed by atoms with Crippen molar-refractivity contribution in [2.24, 2.45) is 0 Å². The minimum atomic E-state index is -3.08. The van der Waals surface area contributed by atoms with Crippen LogP contribution in [0.5, 0.6) is 0 Å². The molecule has 0 bridgehead atoms. The molecule has 22 heavy (non-hydrogen) atoms. The highest BCUT2D eigenvalue weighted by Crippen LogP contribution is 2.29. The van der Waals surface area contributed by atoms with Gasteiger partial charge in [0.25, 0.3) is 0 Å². The molecule has 2 N–H and O–H groups in total. The van der Waals surface area contributed by atoms with Crippen molar-refractivity contribution in [3.05, 3.63) is 28.3 Å². The van der Waals surface area contributed by atoms with E-state index in [-0.39, 0.29) is 18.1 Å². The molecule has 5 nitrogen and oxygen atoms in total. The molecule has 1 rings (SSSR count). The quantitative estimate of drug-likeness (QED) is 0.796. The first-order valence-electron chi connectivity index (χ1n) is 7.40. The van der Waals surface area contributed by atoms with Gasteiger partial charge in [-0.3, -0.25) is 0 Å². The normalized spacial score (nSPS) is 11.3. The first-order chi connectivity index (χ1) is 10.3. The van der Waals surface area contributed by atoms with Crippen LogP contribution in [-0.2, 0) is 22.7 Å². The van der Waals surface area contributed by atoms with E-state index < -0.39 is 15.9 Å². The summed E-state index contributed by atoms with van der Waals surface area (Å²) in [5, 5.41) is 5.98. The highest BCUT2D eigenvalue weighted by atomic mass is 35.5. The Kier molecular flexibility index (Phi) is 7.16. The van der Waals surface area contributed by atoms with Crippen LogP contribution in [0.2, 0.25) is 5.02 Å². The van der Waals surface area contributed by atoms with Crippen LogP contribution in [0.1, 0.15) is 31.9 Å². The van der Waals surface area contributed by atoms with Gasteiger partial charge in [0, 0.05) is 17.3 Å². The van der Waals surface area contributed by atoms with Crippen LogP contribution in [0.25, 0.3) is 0 Å². The molecule has 0 aromatic heterocycles. The van der Waals surface area contributed by atoms with Crippen molar-refractivity contribution in [3.8, 4) is 0 Å². The Bertz CT molecular complexity index is 630. The third-order valence-corrected chi connectivity index (χ3v) is 5.51. The molecule has 0 saturated heterocycles. The lowest BCUT2D eigenvalue weighted by Gasteiger charge is -2.16. The fourth-order valence-electron chi connectivity index (χ4n) is 2.09. The fraction of sp³-hybridized carbons (Fsp3) is 0.533. The molecule has 0 saturated carbocycles. The van der Waals surface area contributed by atoms with Crippen LogP contribution in [-0.4, -0.2) is 32.5 Å². The van der Waals surface area contributed by atoms with Crippen LogP contribution in [0, 0.1) is 0 Å². The summed E-state index contributed by atoms with van der Waals surface area (Å²) in [6, 6.07) is 3.30. The van der Waals surface area contributed by atoms with Crippen molar-refractivity contribution < 1.29 is 13.2 Å². The Morgan fingerprint density at radius 3 is 2.41 bits per heavy atom. The summed E-state index contributed by atoms with van der Waals surface area (Å²) in [6.07, 6.45) is 1.47. The summed E-state index contributed by atoms with van der Waals surface area (Å²) < 4.78 is 22.8. The number of sulfone groups is 1. The van der Waals surface area contributed by atoms with Crippen molar-refractivity contribution >= 4 is 33.2 Å². The van der Waals surface area contributed by atoms with Crippen LogP contribution in [0.3, 0.4) is 0 Å². The van der Waals surface area contributed by atoms with Gasteiger partial charge in [-0.1, -0.05) is 38.4 Å². The lowest BCUT2D eigenvalue weighted by Crippen LogP contribution is -2.33. The number of amides is 2. The van der Waals surface area contributed by atoms with E-state index in [0.717, 1.165) is 17.5 Å². The van der Waals surface area contributed by atoms with Crippen molar-refractivity contribution in [1.29, 1.82) is 0 Å². The zero-order chi connectivity index (χ0) is 16.8. The minimum Gasteiger partial charge on any atom is -0.337 e. The molecule has 0 aliphatic rings. The number of carbonyl (C=O) groups excluding carboxylic acids is 1. The summed E-state index contributed by atoms with van der Waals surface area (Å²) in [6.45, 7) is 5.64. The number of benzene rings is 1. The number of hydrogen-bond acceptors (Lipinski definition) is 3. The number of halogens is 1. The first kappa shape index (κ1) is 18.8. The Hall–Kier alpha value is -1.27. The smallest absolute Gasteiger partial charge is 0.319 e. The minimum absolute atomic E-state index is 0.0618. The zero-order valence-electron chi connectivity index (χ0n) is 13.2. The molecule has 0 unspecified atom stereocenters. The highest BCUT2D eigenvalue weighted by Gasteiger charge is 2.14. The average molecular weight is 347 g/mol. The Morgan fingerprint density at radius 2 is 1.86 bits per heavy atom. The number of urea groups is 1. The lowest BCUT2D eigenvalue weighted by atomic mass is 10.0. The van der Waals surface area contributed by atoms with E-state index in [4.69, 9.17) is 11.6 Å². The summed E-state index contributed by atoms with van der Waals surface area (Å²) in [7, 11) is -3.08. The van der Waals surface area contributed by atoms with E-state index in [0.29, 0.717) is 17.1 Å². The van der Waals surface area contributed by atoms with E-state index >= 15 is 0 Å². The molecule has 0 spiro atoms. The summed E-state index contributed by atoms with van der Waals surface area (Å²) in [5.74, 6) is 0.0122. The van der Waals surface area contributed by atoms with Crippen molar-refractivity contribution in [2.45, 2.75) is 33.6 Å². The van der Waals surface area contributed by atoms with E-state index in [9.17, 15) is 13.2 Å². The maximum atomic E-state index is 12.0. The maximum absolute atomic E-state index is 12.0. The number of carbonyl (C=O) groups is 1. The molecular weight excluding hydrogens is 324 g/mol. The van der Waals surface area contributed by atoms with Crippen LogP contribution in [0.15, 0.2) is 12.1 Å². The molecule has 0 radical (unpaired) electrons. The summed E-state index contributed by atoms with van der Waals surface area (Å²) in [4.78, 5) is 12.0. The van der Waals surface area contributed by atoms with E-state index in [2.05, 4.69) is 10.6 Å². The largest absolute Gasteiger partial charge is 0.337 e. The van der Waals surface area contributed by atoms with Crippen molar-refractivity contribution in [2.75, 3.05) is 23.4 Å². The topological polar surface area (TPSA) is 75.3 Å². The van der Waals surface area contributed by atoms with Gasteiger partial charge in [0.15, 0.2) is 9.84 Å². The van der Waals surface area contributed by atoms with Crippen LogP contribution < -0.4 is 10.6 Å². The van der Waals surface area contributed by atoms with Gasteiger partial charge in [-0.05, 0) is 30.0 Å². The molecule has 0 heterocycles. The third-order valence-electron chi connectivity index (χ3n) is 3.45. The highest BCUT2D eigenvalue weighted by molar-refractivity contribution is 7.91. The first-order valence-corrected chi connectivity index (χ1v) is 9.60. The van der Waals surface area contributed by atoms with E-state index in [1.165, 1.54) is 0 Å². The van der Waals surface area contributed by atoms with E-state index in [1.54, 1.807) is 6.92 Å². The number of anilines is 1. The van der Waals surface area contributed by atoms with Crippen LogP contribution in [0.4, 0.5) is 10.5 Å². The number of rotatable bonds is 7. The molecule has 0 fully saturated rings. The molecule has 2 amide bonds. The number of nitrogens with one attached hydrogen (secondary N) is 2. The molecule has 124 valence electrons. The molecule has 0 atom stereocenters. The molecule has 1 aromatic carbocycles. The van der Waals surface area contributed by atoms with Gasteiger partial charge in [-0.25, -0.2) is 13.2 Å². The van der Waals surface area contributed by atoms with Gasteiger partial charge in [-0.15, -0.1) is 0 Å². The number of hydrogen-bond donors (Lipinski definition) is 2. The average Bonchev–Trinajstić information content (AvgIpc) is 2.47.